The summed E-state index contributed by atoms with van der Waals surface area (Å²) in [5.74, 6) is -0.481. The molecule has 0 unspecified atom stereocenters. The van der Waals surface area contributed by atoms with Crippen molar-refractivity contribution in [2.45, 2.75) is 27.2 Å². The van der Waals surface area contributed by atoms with Gasteiger partial charge in [-0.2, -0.15) is 4.39 Å². The number of nitro groups is 1. The van der Waals surface area contributed by atoms with Gasteiger partial charge in [-0.3, -0.25) is 10.1 Å². The van der Waals surface area contributed by atoms with Crippen LogP contribution in [0.4, 0.5) is 10.1 Å². The van der Waals surface area contributed by atoms with Crippen molar-refractivity contribution in [2.24, 2.45) is 5.92 Å². The van der Waals surface area contributed by atoms with Gasteiger partial charge in [0.2, 0.25) is 5.82 Å². The molecule has 0 aliphatic carbocycles. The molecule has 1 N–H and O–H groups in total. The van der Waals surface area contributed by atoms with Gasteiger partial charge in [-0.1, -0.05) is 38.5 Å². The first-order valence-electron chi connectivity index (χ1n) is 6.80. The van der Waals surface area contributed by atoms with Crippen molar-refractivity contribution in [1.29, 1.82) is 0 Å². The molecule has 0 heterocycles. The molecule has 0 aliphatic rings. The Morgan fingerprint density at radius 1 is 1.50 bits per heavy atom. The van der Waals surface area contributed by atoms with Crippen LogP contribution in [0.15, 0.2) is 23.8 Å². The van der Waals surface area contributed by atoms with E-state index in [-0.39, 0.29) is 0 Å². The minimum absolute atomic E-state index is 0.323. The van der Waals surface area contributed by atoms with E-state index in [9.17, 15) is 14.5 Å². The average Bonchev–Trinajstić information content (AvgIpc) is 2.39. The van der Waals surface area contributed by atoms with Gasteiger partial charge in [-0.25, -0.2) is 0 Å². The summed E-state index contributed by atoms with van der Waals surface area (Å²) in [5.41, 5.74) is 1.31. The SMILES string of the molecule is CCCNC/C(=C/c1ccc(F)c([N+](=O)[O-])c1)C(C)C. The normalized spacial score (nSPS) is 11.9. The molecular weight excluding hydrogens is 259 g/mol. The quantitative estimate of drug-likeness (QED) is 0.470. The zero-order valence-corrected chi connectivity index (χ0v) is 12.1. The second-order valence-electron chi connectivity index (χ2n) is 5.02. The first-order valence-corrected chi connectivity index (χ1v) is 6.80. The number of hydrogen-bond donors (Lipinski definition) is 1. The highest BCUT2D eigenvalue weighted by molar-refractivity contribution is 5.57. The van der Waals surface area contributed by atoms with E-state index < -0.39 is 16.4 Å². The fourth-order valence-electron chi connectivity index (χ4n) is 1.80. The zero-order valence-electron chi connectivity index (χ0n) is 12.1. The maximum Gasteiger partial charge on any atom is 0.305 e. The van der Waals surface area contributed by atoms with Crippen LogP contribution in [0, 0.1) is 21.8 Å². The summed E-state index contributed by atoms with van der Waals surface area (Å²) in [4.78, 5) is 10.0. The topological polar surface area (TPSA) is 55.2 Å². The van der Waals surface area contributed by atoms with Crippen molar-refractivity contribution in [3.63, 3.8) is 0 Å². The average molecular weight is 280 g/mol. The van der Waals surface area contributed by atoms with E-state index in [1.165, 1.54) is 6.07 Å². The molecule has 0 saturated heterocycles. The summed E-state index contributed by atoms with van der Waals surface area (Å²) in [6, 6.07) is 3.98. The number of nitro benzene ring substituents is 1. The fraction of sp³-hybridized carbons (Fsp3) is 0.467. The first kappa shape index (κ1) is 16.3. The van der Waals surface area contributed by atoms with E-state index in [4.69, 9.17) is 0 Å². The molecule has 1 aromatic carbocycles. The van der Waals surface area contributed by atoms with Gasteiger partial charge in [-0.15, -0.1) is 0 Å². The molecule has 0 fully saturated rings. The molecule has 0 aromatic heterocycles. The Labute approximate surface area is 118 Å². The highest BCUT2D eigenvalue weighted by atomic mass is 19.1. The number of rotatable bonds is 7. The number of nitrogens with zero attached hydrogens (tertiary/aromatic N) is 1. The van der Waals surface area contributed by atoms with Gasteiger partial charge in [0.15, 0.2) is 0 Å². The number of benzene rings is 1. The van der Waals surface area contributed by atoms with Crippen molar-refractivity contribution < 1.29 is 9.31 Å². The van der Waals surface area contributed by atoms with Gasteiger partial charge in [0.25, 0.3) is 0 Å². The summed E-state index contributed by atoms with van der Waals surface area (Å²) in [6.45, 7) is 7.88. The molecule has 0 aliphatic heterocycles. The molecule has 20 heavy (non-hydrogen) atoms. The summed E-state index contributed by atoms with van der Waals surface area (Å²) >= 11 is 0. The third-order valence-electron chi connectivity index (χ3n) is 3.02. The smallest absolute Gasteiger partial charge is 0.305 e. The Bertz CT molecular complexity index is 499. The van der Waals surface area contributed by atoms with Crippen LogP contribution in [-0.4, -0.2) is 18.0 Å². The fourth-order valence-corrected chi connectivity index (χ4v) is 1.80. The van der Waals surface area contributed by atoms with Crippen LogP contribution >= 0.6 is 0 Å². The van der Waals surface area contributed by atoms with Crippen molar-refractivity contribution in [3.8, 4) is 0 Å². The van der Waals surface area contributed by atoms with Crippen LogP contribution in [0.2, 0.25) is 0 Å². The van der Waals surface area contributed by atoms with Crippen molar-refractivity contribution in [3.05, 3.63) is 45.3 Å². The molecule has 0 atom stereocenters. The highest BCUT2D eigenvalue weighted by Gasteiger charge is 2.14. The summed E-state index contributed by atoms with van der Waals surface area (Å²) in [5, 5.41) is 14.0. The van der Waals surface area contributed by atoms with E-state index in [2.05, 4.69) is 26.1 Å². The van der Waals surface area contributed by atoms with Crippen LogP contribution < -0.4 is 5.32 Å². The molecule has 0 spiro atoms. The van der Waals surface area contributed by atoms with E-state index in [1.54, 1.807) is 6.07 Å². The molecular formula is C15H21FN2O2. The predicted molar refractivity (Wildman–Crippen MR) is 79.0 cm³/mol. The molecule has 0 saturated carbocycles. The van der Waals surface area contributed by atoms with Crippen LogP contribution in [-0.2, 0) is 0 Å². The second-order valence-corrected chi connectivity index (χ2v) is 5.02. The molecule has 1 aromatic rings. The lowest BCUT2D eigenvalue weighted by Gasteiger charge is -2.12. The second kappa shape index (κ2) is 7.75. The van der Waals surface area contributed by atoms with Crippen molar-refractivity contribution >= 4 is 11.8 Å². The van der Waals surface area contributed by atoms with Crippen molar-refractivity contribution in [2.75, 3.05) is 13.1 Å². The van der Waals surface area contributed by atoms with Crippen LogP contribution in [0.1, 0.15) is 32.8 Å². The number of hydrogen-bond acceptors (Lipinski definition) is 3. The Kier molecular flexibility index (Phi) is 6.31. The van der Waals surface area contributed by atoms with Gasteiger partial charge >= 0.3 is 5.69 Å². The lowest BCUT2D eigenvalue weighted by molar-refractivity contribution is -0.387. The number of nitrogens with one attached hydrogen (secondary N) is 1. The number of halogens is 1. The van der Waals surface area contributed by atoms with E-state index in [0.717, 1.165) is 31.1 Å². The van der Waals surface area contributed by atoms with Gasteiger partial charge in [0.1, 0.15) is 0 Å². The third-order valence-corrected chi connectivity index (χ3v) is 3.02. The molecule has 1 rings (SSSR count). The van der Waals surface area contributed by atoms with Crippen LogP contribution in [0.25, 0.3) is 6.08 Å². The lowest BCUT2D eigenvalue weighted by Crippen LogP contribution is -2.19. The predicted octanol–water partition coefficient (Wildman–Crippen LogP) is 3.77. The summed E-state index contributed by atoms with van der Waals surface area (Å²) < 4.78 is 13.3. The van der Waals surface area contributed by atoms with Gasteiger partial charge in [-0.05, 0) is 30.5 Å². The Morgan fingerprint density at radius 2 is 2.20 bits per heavy atom. The Hall–Kier alpha value is -1.75. The minimum atomic E-state index is -0.803. The van der Waals surface area contributed by atoms with E-state index >= 15 is 0 Å². The largest absolute Gasteiger partial charge is 0.313 e. The van der Waals surface area contributed by atoms with Crippen LogP contribution in [0.3, 0.4) is 0 Å². The lowest BCUT2D eigenvalue weighted by atomic mass is 10.00. The molecule has 5 heteroatoms. The summed E-state index contributed by atoms with van der Waals surface area (Å²) in [6.07, 6.45) is 2.94. The molecule has 110 valence electrons. The molecule has 0 amide bonds. The molecule has 4 nitrogen and oxygen atoms in total. The zero-order chi connectivity index (χ0) is 15.1. The highest BCUT2D eigenvalue weighted by Crippen LogP contribution is 2.21. The third kappa shape index (κ3) is 4.74. The van der Waals surface area contributed by atoms with Gasteiger partial charge in [0.05, 0.1) is 4.92 Å². The van der Waals surface area contributed by atoms with Crippen molar-refractivity contribution in [1.82, 2.24) is 5.32 Å². The van der Waals surface area contributed by atoms with Gasteiger partial charge in [0, 0.05) is 12.6 Å². The molecule has 0 radical (unpaired) electrons. The monoisotopic (exact) mass is 280 g/mol. The van der Waals surface area contributed by atoms with E-state index in [1.807, 2.05) is 6.08 Å². The van der Waals surface area contributed by atoms with Gasteiger partial charge < -0.3 is 5.32 Å². The molecule has 0 bridgehead atoms. The Balaban J connectivity index is 2.98. The first-order chi connectivity index (χ1) is 9.45. The van der Waals surface area contributed by atoms with E-state index in [0.29, 0.717) is 11.5 Å². The summed E-state index contributed by atoms with van der Waals surface area (Å²) in [7, 11) is 0. The Morgan fingerprint density at radius 3 is 2.75 bits per heavy atom. The minimum Gasteiger partial charge on any atom is -0.313 e. The maximum atomic E-state index is 13.3. The maximum absolute atomic E-state index is 13.3. The standard InChI is InChI=1S/C15H21FN2O2/c1-4-7-17-10-13(11(2)3)8-12-5-6-14(16)15(9-12)18(19)20/h5-6,8-9,11,17H,4,7,10H2,1-3H3/b13-8-. The van der Waals surface area contributed by atoms with Crippen LogP contribution in [0.5, 0.6) is 0 Å².